The van der Waals surface area contributed by atoms with Crippen molar-refractivity contribution < 1.29 is 17.6 Å². The molecule has 0 bridgehead atoms. The van der Waals surface area contributed by atoms with Crippen LogP contribution in [0.5, 0.6) is 0 Å². The molecular weight excluding hydrogens is 345 g/mol. The summed E-state index contributed by atoms with van der Waals surface area (Å²) in [4.78, 5) is 13.9. The van der Waals surface area contributed by atoms with E-state index in [1.807, 2.05) is 25.9 Å². The zero-order valence-electron chi connectivity index (χ0n) is 15.3. The summed E-state index contributed by atoms with van der Waals surface area (Å²) in [6.45, 7) is 4.07. The third-order valence-corrected chi connectivity index (χ3v) is 5.12. The number of benzene rings is 1. The highest BCUT2D eigenvalue weighted by Gasteiger charge is 2.19. The van der Waals surface area contributed by atoms with E-state index in [2.05, 4.69) is 10.0 Å². The van der Waals surface area contributed by atoms with Gasteiger partial charge in [-0.1, -0.05) is 19.4 Å². The number of amides is 1. The van der Waals surface area contributed by atoms with Crippen molar-refractivity contribution in [2.75, 3.05) is 19.8 Å². The first-order valence-electron chi connectivity index (χ1n) is 8.34. The topological polar surface area (TPSA) is 78.5 Å². The third kappa shape index (κ3) is 7.94. The smallest absolute Gasteiger partial charge is 0.238 e. The first-order chi connectivity index (χ1) is 11.6. The number of nitrogens with zero attached hydrogens (tertiary/aromatic N) is 1. The van der Waals surface area contributed by atoms with Gasteiger partial charge in [0.2, 0.25) is 15.9 Å². The molecule has 1 aromatic carbocycles. The molecule has 0 spiro atoms. The van der Waals surface area contributed by atoms with Crippen LogP contribution in [0.1, 0.15) is 37.8 Å². The number of carbonyl (C=O) groups excluding carboxylic acids is 1. The van der Waals surface area contributed by atoms with Crippen LogP contribution < -0.4 is 10.0 Å². The lowest BCUT2D eigenvalue weighted by molar-refractivity contribution is -0.122. The van der Waals surface area contributed by atoms with E-state index in [9.17, 15) is 17.6 Å². The molecule has 25 heavy (non-hydrogen) atoms. The Morgan fingerprint density at radius 1 is 1.32 bits per heavy atom. The monoisotopic (exact) mass is 373 g/mol. The van der Waals surface area contributed by atoms with Gasteiger partial charge in [0.15, 0.2) is 0 Å². The van der Waals surface area contributed by atoms with E-state index < -0.39 is 22.0 Å². The summed E-state index contributed by atoms with van der Waals surface area (Å²) in [5, 5.41) is 2.68. The van der Waals surface area contributed by atoms with Crippen LogP contribution in [0.15, 0.2) is 18.2 Å². The minimum atomic E-state index is -3.46. The van der Waals surface area contributed by atoms with E-state index in [1.54, 1.807) is 12.1 Å². The van der Waals surface area contributed by atoms with Gasteiger partial charge in [0.1, 0.15) is 5.82 Å². The maximum atomic E-state index is 13.8. The van der Waals surface area contributed by atoms with Gasteiger partial charge in [-0.25, -0.2) is 17.5 Å². The lowest BCUT2D eigenvalue weighted by atomic mass is 10.1. The molecular formula is C17H28FN3O3S. The minimum Gasteiger partial charge on any atom is -0.351 e. The number of halogens is 1. The molecule has 1 aromatic rings. The number of sulfonamides is 1. The molecule has 1 unspecified atom stereocenters. The number of rotatable bonds is 10. The highest BCUT2D eigenvalue weighted by atomic mass is 32.2. The maximum absolute atomic E-state index is 13.8. The van der Waals surface area contributed by atoms with Crippen LogP contribution in [0.2, 0.25) is 0 Å². The second-order valence-corrected chi connectivity index (χ2v) is 8.27. The molecule has 142 valence electrons. The lowest BCUT2D eigenvalue weighted by Gasteiger charge is -2.15. The van der Waals surface area contributed by atoms with Gasteiger partial charge in [0.05, 0.1) is 11.8 Å². The van der Waals surface area contributed by atoms with Crippen molar-refractivity contribution in [3.8, 4) is 0 Å². The van der Waals surface area contributed by atoms with Gasteiger partial charge < -0.3 is 10.2 Å². The molecule has 0 saturated carbocycles. The van der Waals surface area contributed by atoms with E-state index in [0.29, 0.717) is 18.5 Å². The van der Waals surface area contributed by atoms with Gasteiger partial charge in [0, 0.05) is 18.7 Å². The summed E-state index contributed by atoms with van der Waals surface area (Å²) >= 11 is 0. The molecule has 8 heteroatoms. The largest absolute Gasteiger partial charge is 0.351 e. The van der Waals surface area contributed by atoms with Crippen molar-refractivity contribution in [2.24, 2.45) is 0 Å². The fraction of sp³-hybridized carbons (Fsp3) is 0.588. The van der Waals surface area contributed by atoms with Crippen LogP contribution in [0.3, 0.4) is 0 Å². The Hall–Kier alpha value is -1.51. The Bertz CT molecular complexity index is 678. The van der Waals surface area contributed by atoms with Gasteiger partial charge in [0.25, 0.3) is 0 Å². The summed E-state index contributed by atoms with van der Waals surface area (Å²) in [5.74, 6) is -0.702. The van der Waals surface area contributed by atoms with Crippen LogP contribution in [0.25, 0.3) is 0 Å². The number of hydrogen-bond acceptors (Lipinski definition) is 4. The average Bonchev–Trinajstić information content (AvgIpc) is 2.52. The number of nitrogens with one attached hydrogen (secondary N) is 2. The zero-order valence-corrected chi connectivity index (χ0v) is 16.1. The van der Waals surface area contributed by atoms with Gasteiger partial charge in [-0.05, 0) is 45.1 Å². The van der Waals surface area contributed by atoms with Crippen LogP contribution in [0, 0.1) is 5.82 Å². The predicted molar refractivity (Wildman–Crippen MR) is 96.9 cm³/mol. The Morgan fingerprint density at radius 3 is 2.60 bits per heavy atom. The van der Waals surface area contributed by atoms with E-state index in [-0.39, 0.29) is 18.1 Å². The van der Waals surface area contributed by atoms with Crippen molar-refractivity contribution in [3.63, 3.8) is 0 Å². The Kier molecular flexibility index (Phi) is 8.47. The highest BCUT2D eigenvalue weighted by Crippen LogP contribution is 2.12. The highest BCUT2D eigenvalue weighted by molar-refractivity contribution is 7.89. The third-order valence-electron chi connectivity index (χ3n) is 3.58. The quantitative estimate of drug-likeness (QED) is 0.653. The fourth-order valence-corrected chi connectivity index (χ4v) is 3.69. The van der Waals surface area contributed by atoms with Crippen LogP contribution in [-0.4, -0.2) is 45.1 Å². The molecule has 2 N–H and O–H groups in total. The van der Waals surface area contributed by atoms with E-state index >= 15 is 0 Å². The number of unbranched alkanes of at least 4 members (excludes halogenated alkanes) is 1. The van der Waals surface area contributed by atoms with E-state index in [0.717, 1.165) is 12.0 Å². The minimum absolute atomic E-state index is 0.00692. The van der Waals surface area contributed by atoms with Crippen LogP contribution in [0.4, 0.5) is 4.39 Å². The second-order valence-electron chi connectivity index (χ2n) is 6.39. The van der Waals surface area contributed by atoms with Crippen molar-refractivity contribution in [1.82, 2.24) is 14.9 Å². The summed E-state index contributed by atoms with van der Waals surface area (Å²) < 4.78 is 39.8. The first-order valence-corrected chi connectivity index (χ1v) is 9.99. The summed E-state index contributed by atoms with van der Waals surface area (Å²) in [6, 6.07) is 3.82. The SMILES string of the molecule is CCCCS(=O)(=O)NC(C)C(=O)NCc1ccc(F)c(CN(C)C)c1. The standard InChI is InChI=1S/C17H28FN3O3S/c1-5-6-9-25(23,24)20-13(2)17(22)19-11-14-7-8-16(18)15(10-14)12-21(3)4/h7-8,10,13,20H,5-6,9,11-12H2,1-4H3,(H,19,22). The van der Waals surface area contributed by atoms with Crippen molar-refractivity contribution in [3.05, 3.63) is 35.1 Å². The van der Waals surface area contributed by atoms with Crippen LogP contribution in [-0.2, 0) is 27.9 Å². The predicted octanol–water partition coefficient (Wildman–Crippen LogP) is 1.61. The van der Waals surface area contributed by atoms with E-state index in [4.69, 9.17) is 0 Å². The molecule has 1 rings (SSSR count). The van der Waals surface area contributed by atoms with Gasteiger partial charge in [-0.15, -0.1) is 0 Å². The molecule has 0 radical (unpaired) electrons. The molecule has 0 aliphatic carbocycles. The summed E-state index contributed by atoms with van der Waals surface area (Å²) in [7, 11) is 0.232. The second kappa shape index (κ2) is 9.84. The molecule has 0 heterocycles. The van der Waals surface area contributed by atoms with Gasteiger partial charge >= 0.3 is 0 Å². The van der Waals surface area contributed by atoms with Crippen LogP contribution >= 0.6 is 0 Å². The molecule has 1 atom stereocenters. The summed E-state index contributed by atoms with van der Waals surface area (Å²) in [5.41, 5.74) is 1.30. The zero-order chi connectivity index (χ0) is 19.0. The fourth-order valence-electron chi connectivity index (χ4n) is 2.26. The van der Waals surface area contributed by atoms with E-state index in [1.165, 1.54) is 13.0 Å². The molecule has 1 amide bonds. The molecule has 6 nitrogen and oxygen atoms in total. The van der Waals surface area contributed by atoms with Gasteiger partial charge in [-0.2, -0.15) is 0 Å². The summed E-state index contributed by atoms with van der Waals surface area (Å²) in [6.07, 6.45) is 1.31. The molecule has 0 aliphatic heterocycles. The van der Waals surface area contributed by atoms with Crippen molar-refractivity contribution >= 4 is 15.9 Å². The lowest BCUT2D eigenvalue weighted by Crippen LogP contribution is -2.45. The Morgan fingerprint density at radius 2 is 2.00 bits per heavy atom. The first kappa shape index (κ1) is 21.5. The molecule has 0 aliphatic rings. The Balaban J connectivity index is 2.61. The Labute approximate surface area is 149 Å². The van der Waals surface area contributed by atoms with Crippen molar-refractivity contribution in [1.29, 1.82) is 0 Å². The van der Waals surface area contributed by atoms with Crippen molar-refractivity contribution in [2.45, 2.75) is 45.8 Å². The maximum Gasteiger partial charge on any atom is 0.238 e. The molecule has 0 saturated heterocycles. The number of hydrogen-bond donors (Lipinski definition) is 2. The number of carbonyl (C=O) groups is 1. The molecule has 0 fully saturated rings. The normalized spacial score (nSPS) is 13.0. The average molecular weight is 373 g/mol. The van der Waals surface area contributed by atoms with Gasteiger partial charge in [-0.3, -0.25) is 4.79 Å². The molecule has 0 aromatic heterocycles.